The summed E-state index contributed by atoms with van der Waals surface area (Å²) in [4.78, 5) is 31.0. The van der Waals surface area contributed by atoms with E-state index < -0.39 is 40.0 Å². The first-order valence-corrected chi connectivity index (χ1v) is 9.34. The van der Waals surface area contributed by atoms with Gasteiger partial charge in [0.1, 0.15) is 22.3 Å². The van der Waals surface area contributed by atoms with E-state index in [9.17, 15) is 18.4 Å². The zero-order valence-corrected chi connectivity index (χ0v) is 16.9. The molecule has 7 nitrogen and oxygen atoms in total. The lowest BCUT2D eigenvalue weighted by molar-refractivity contribution is 0.0634. The Balaban J connectivity index is 2.08. The molecule has 0 saturated carbocycles. The van der Waals surface area contributed by atoms with Gasteiger partial charge in [-0.05, 0) is 39.0 Å². The van der Waals surface area contributed by atoms with E-state index in [0.717, 1.165) is 23.5 Å². The molecule has 11 heteroatoms. The number of thiazole rings is 1. The number of pyridine rings is 1. The number of fused-ring (bicyclic) bond motifs is 1. The maximum absolute atomic E-state index is 14.5. The molecule has 1 amide bonds. The largest absolute Gasteiger partial charge is 0.478 e. The third-order valence-electron chi connectivity index (χ3n) is 3.52. The minimum Gasteiger partial charge on any atom is -0.478 e. The fraction of sp³-hybridized carbons (Fsp3) is 0.222. The number of carbonyl (C=O) groups is 2. The van der Waals surface area contributed by atoms with E-state index in [4.69, 9.17) is 21.4 Å². The van der Waals surface area contributed by atoms with Crippen molar-refractivity contribution in [1.82, 2.24) is 9.97 Å². The van der Waals surface area contributed by atoms with Crippen LogP contribution in [-0.2, 0) is 4.74 Å². The lowest BCUT2D eigenvalue weighted by Gasteiger charge is -2.18. The molecule has 0 atom stereocenters. The van der Waals surface area contributed by atoms with E-state index in [0.29, 0.717) is 0 Å². The number of hydrogen-bond acceptors (Lipinski definition) is 6. The van der Waals surface area contributed by atoms with Crippen LogP contribution >= 0.6 is 22.9 Å². The van der Waals surface area contributed by atoms with Crippen LogP contribution in [0.1, 0.15) is 31.1 Å². The monoisotopic (exact) mass is 441 g/mol. The number of carbonyl (C=O) groups excluding carboxylic acids is 1. The van der Waals surface area contributed by atoms with Gasteiger partial charge in [-0.2, -0.15) is 0 Å². The highest BCUT2D eigenvalue weighted by molar-refractivity contribution is 7.22. The summed E-state index contributed by atoms with van der Waals surface area (Å²) in [5.41, 5.74) is -1.42. The molecule has 0 spiro atoms. The fourth-order valence-corrected chi connectivity index (χ4v) is 3.52. The van der Waals surface area contributed by atoms with Gasteiger partial charge in [-0.1, -0.05) is 22.9 Å². The van der Waals surface area contributed by atoms with Crippen molar-refractivity contribution in [2.45, 2.75) is 26.4 Å². The van der Waals surface area contributed by atoms with E-state index in [1.807, 2.05) is 0 Å². The molecular weight excluding hydrogens is 428 g/mol. The maximum atomic E-state index is 14.5. The van der Waals surface area contributed by atoms with Crippen LogP contribution in [0.2, 0.25) is 5.15 Å². The molecule has 152 valence electrons. The van der Waals surface area contributed by atoms with Crippen molar-refractivity contribution >= 4 is 50.3 Å². The molecule has 0 aliphatic heterocycles. The van der Waals surface area contributed by atoms with Gasteiger partial charge in [0, 0.05) is 5.56 Å². The molecule has 0 fully saturated rings. The minimum atomic E-state index is -1.44. The third-order valence-corrected chi connectivity index (χ3v) is 4.79. The standard InChI is InChI=1S/C18H14ClF2N3O4S/c1-18(2,3)28-17(27)24-16-23-12-7(4-5-9(20)13(12)29-16)11-10(21)6-8(15(25)26)14(19)22-11/h4-6H,1-3H3,(H,25,26)(H,23,24,27). The second-order valence-corrected chi connectivity index (χ2v) is 8.24. The topological polar surface area (TPSA) is 101 Å². The number of nitrogens with one attached hydrogen (secondary N) is 1. The van der Waals surface area contributed by atoms with Gasteiger partial charge in [-0.3, -0.25) is 5.32 Å². The van der Waals surface area contributed by atoms with Crippen LogP contribution in [0, 0.1) is 11.6 Å². The number of ether oxygens (including phenoxy) is 1. The summed E-state index contributed by atoms with van der Waals surface area (Å²) < 4.78 is 34.0. The smallest absolute Gasteiger partial charge is 0.413 e. The number of nitrogens with zero attached hydrogens (tertiary/aromatic N) is 2. The number of carboxylic acids is 1. The van der Waals surface area contributed by atoms with Gasteiger partial charge in [0.05, 0.1) is 15.8 Å². The van der Waals surface area contributed by atoms with Gasteiger partial charge in [-0.25, -0.2) is 28.3 Å². The Labute approximate surface area is 172 Å². The predicted octanol–water partition coefficient (Wildman–Crippen LogP) is 5.34. The van der Waals surface area contributed by atoms with Gasteiger partial charge in [0.15, 0.2) is 10.9 Å². The van der Waals surface area contributed by atoms with Gasteiger partial charge in [0.2, 0.25) is 0 Å². The molecule has 0 saturated heterocycles. The normalized spacial score (nSPS) is 11.5. The number of rotatable bonds is 3. The average molecular weight is 442 g/mol. The van der Waals surface area contributed by atoms with Crippen LogP contribution < -0.4 is 5.32 Å². The summed E-state index contributed by atoms with van der Waals surface area (Å²) >= 11 is 6.67. The van der Waals surface area contributed by atoms with E-state index in [1.165, 1.54) is 6.07 Å². The molecule has 0 radical (unpaired) electrons. The van der Waals surface area contributed by atoms with Gasteiger partial charge < -0.3 is 9.84 Å². The zero-order chi connectivity index (χ0) is 21.5. The number of carboxylic acid groups (broad SMARTS) is 1. The Bertz CT molecular complexity index is 1140. The molecule has 2 N–H and O–H groups in total. The SMILES string of the molecule is CC(C)(C)OC(=O)Nc1nc2c(-c3nc(Cl)c(C(=O)O)cc3F)ccc(F)c2s1. The zero-order valence-electron chi connectivity index (χ0n) is 15.3. The fourth-order valence-electron chi connectivity index (χ4n) is 2.42. The van der Waals surface area contributed by atoms with Crippen molar-refractivity contribution < 1.29 is 28.2 Å². The van der Waals surface area contributed by atoms with Crippen LogP contribution in [0.15, 0.2) is 18.2 Å². The summed E-state index contributed by atoms with van der Waals surface area (Å²) in [6, 6.07) is 3.07. The first kappa shape index (κ1) is 20.9. The third kappa shape index (κ3) is 4.43. The van der Waals surface area contributed by atoms with Gasteiger partial charge in [-0.15, -0.1) is 0 Å². The molecule has 2 heterocycles. The minimum absolute atomic E-state index is 0.0339. The number of anilines is 1. The lowest BCUT2D eigenvalue weighted by Crippen LogP contribution is -2.27. The highest BCUT2D eigenvalue weighted by atomic mass is 35.5. The van der Waals surface area contributed by atoms with Crippen molar-refractivity contribution in [3.63, 3.8) is 0 Å². The summed E-state index contributed by atoms with van der Waals surface area (Å²) in [5.74, 6) is -3.03. The summed E-state index contributed by atoms with van der Waals surface area (Å²) in [6.07, 6.45) is -0.781. The Kier molecular flexibility index (Phi) is 5.42. The summed E-state index contributed by atoms with van der Waals surface area (Å²) in [7, 11) is 0. The number of amides is 1. The quantitative estimate of drug-likeness (QED) is 0.532. The van der Waals surface area contributed by atoms with Crippen LogP contribution in [0.5, 0.6) is 0 Å². The highest BCUT2D eigenvalue weighted by Crippen LogP contribution is 2.36. The number of halogens is 3. The van der Waals surface area contributed by atoms with Crippen molar-refractivity contribution in [3.05, 3.63) is 40.6 Å². The van der Waals surface area contributed by atoms with Crippen molar-refractivity contribution in [2.75, 3.05) is 5.32 Å². The molecular formula is C18H14ClF2N3O4S. The first-order chi connectivity index (χ1) is 13.5. The Morgan fingerprint density at radius 2 is 1.90 bits per heavy atom. The van der Waals surface area contributed by atoms with Gasteiger partial charge >= 0.3 is 12.1 Å². The van der Waals surface area contributed by atoms with Crippen LogP contribution in [0.4, 0.5) is 18.7 Å². The highest BCUT2D eigenvalue weighted by Gasteiger charge is 2.22. The molecule has 29 heavy (non-hydrogen) atoms. The molecule has 3 rings (SSSR count). The number of benzene rings is 1. The molecule has 0 aliphatic carbocycles. The molecule has 2 aromatic heterocycles. The van der Waals surface area contributed by atoms with Crippen molar-refractivity contribution in [1.29, 1.82) is 0 Å². The molecule has 0 bridgehead atoms. The Hall–Kier alpha value is -2.85. The Morgan fingerprint density at radius 1 is 1.21 bits per heavy atom. The first-order valence-electron chi connectivity index (χ1n) is 8.15. The van der Waals surface area contributed by atoms with E-state index in [1.54, 1.807) is 20.8 Å². The summed E-state index contributed by atoms with van der Waals surface area (Å²) in [6.45, 7) is 5.05. The molecule has 0 unspecified atom stereocenters. The van der Waals surface area contributed by atoms with Crippen molar-refractivity contribution in [3.8, 4) is 11.3 Å². The maximum Gasteiger partial charge on any atom is 0.413 e. The lowest BCUT2D eigenvalue weighted by atomic mass is 10.1. The average Bonchev–Trinajstić information content (AvgIpc) is 2.99. The van der Waals surface area contributed by atoms with E-state index >= 15 is 0 Å². The number of hydrogen-bond donors (Lipinski definition) is 2. The van der Waals surface area contributed by atoms with Crippen molar-refractivity contribution in [2.24, 2.45) is 0 Å². The molecule has 3 aromatic rings. The van der Waals surface area contributed by atoms with E-state index in [2.05, 4.69) is 15.3 Å². The molecule has 0 aliphatic rings. The number of aromatic carboxylic acids is 1. The van der Waals surface area contributed by atoms with Crippen LogP contribution in [0.3, 0.4) is 0 Å². The molecule has 1 aromatic carbocycles. The van der Waals surface area contributed by atoms with Crippen LogP contribution in [0.25, 0.3) is 21.5 Å². The number of aromatic nitrogens is 2. The predicted molar refractivity (Wildman–Crippen MR) is 105 cm³/mol. The Morgan fingerprint density at radius 3 is 2.52 bits per heavy atom. The second-order valence-electron chi connectivity index (χ2n) is 6.88. The van der Waals surface area contributed by atoms with Gasteiger partial charge in [0.25, 0.3) is 0 Å². The second kappa shape index (κ2) is 7.53. The summed E-state index contributed by atoms with van der Waals surface area (Å²) in [5, 5.41) is 11.0. The van der Waals surface area contributed by atoms with E-state index in [-0.39, 0.29) is 26.6 Å². The van der Waals surface area contributed by atoms with Crippen LogP contribution in [-0.4, -0.2) is 32.7 Å².